The van der Waals surface area contributed by atoms with Gasteiger partial charge in [0.1, 0.15) is 5.69 Å². The van der Waals surface area contributed by atoms with Gasteiger partial charge in [-0.15, -0.1) is 0 Å². The largest absolute Gasteiger partial charge is 0.363 e. The SMILES string of the molecule is Cc1ccc(S(=O)(=O)N2CCN(c3ccc(Cl)cc3[N+](=O)[O-])C[C@@H]2C)cc1. The van der Waals surface area contributed by atoms with Crippen molar-refractivity contribution in [2.75, 3.05) is 24.5 Å². The number of rotatable bonds is 4. The zero-order valence-corrected chi connectivity index (χ0v) is 16.6. The molecular formula is C18H20ClN3O4S. The molecule has 1 aliphatic rings. The first kappa shape index (κ1) is 19.6. The highest BCUT2D eigenvalue weighted by Crippen LogP contribution is 2.33. The molecule has 2 aromatic carbocycles. The zero-order valence-electron chi connectivity index (χ0n) is 15.0. The number of nitro benzene ring substituents is 1. The minimum absolute atomic E-state index is 0.0791. The lowest BCUT2D eigenvalue weighted by Gasteiger charge is -2.39. The summed E-state index contributed by atoms with van der Waals surface area (Å²) in [6.45, 7) is 4.67. The van der Waals surface area contributed by atoms with Crippen molar-refractivity contribution in [2.24, 2.45) is 0 Å². The first-order valence-corrected chi connectivity index (χ1v) is 10.3. The number of nitro groups is 1. The summed E-state index contributed by atoms with van der Waals surface area (Å²) < 4.78 is 27.4. The van der Waals surface area contributed by atoms with Crippen LogP contribution in [0.4, 0.5) is 11.4 Å². The van der Waals surface area contributed by atoms with E-state index in [1.54, 1.807) is 43.3 Å². The lowest BCUT2D eigenvalue weighted by molar-refractivity contribution is -0.384. The average Bonchev–Trinajstić information content (AvgIpc) is 2.61. The van der Waals surface area contributed by atoms with Gasteiger partial charge in [0.05, 0.1) is 9.82 Å². The van der Waals surface area contributed by atoms with E-state index in [4.69, 9.17) is 11.6 Å². The van der Waals surface area contributed by atoms with E-state index in [-0.39, 0.29) is 23.2 Å². The number of benzene rings is 2. The molecule has 1 atom stereocenters. The molecule has 0 N–H and O–H groups in total. The van der Waals surface area contributed by atoms with Crippen LogP contribution in [0.3, 0.4) is 0 Å². The molecule has 144 valence electrons. The Kier molecular flexibility index (Phi) is 5.41. The minimum atomic E-state index is -3.62. The molecule has 1 saturated heterocycles. The molecule has 0 spiro atoms. The second-order valence-electron chi connectivity index (χ2n) is 6.61. The fourth-order valence-electron chi connectivity index (χ4n) is 3.27. The Bertz CT molecular complexity index is 963. The Balaban J connectivity index is 1.84. The Morgan fingerprint density at radius 3 is 2.41 bits per heavy atom. The van der Waals surface area contributed by atoms with E-state index in [0.29, 0.717) is 23.8 Å². The maximum atomic E-state index is 13.0. The summed E-state index contributed by atoms with van der Waals surface area (Å²) in [5, 5.41) is 11.6. The van der Waals surface area contributed by atoms with E-state index in [1.165, 1.54) is 10.4 Å². The fourth-order valence-corrected chi connectivity index (χ4v) is 5.05. The number of hydrogen-bond acceptors (Lipinski definition) is 5. The van der Waals surface area contributed by atoms with Crippen LogP contribution in [0, 0.1) is 17.0 Å². The van der Waals surface area contributed by atoms with Gasteiger partial charge in [-0.1, -0.05) is 29.3 Å². The number of sulfonamides is 1. The van der Waals surface area contributed by atoms with Crippen LogP contribution in [0.25, 0.3) is 0 Å². The highest BCUT2D eigenvalue weighted by molar-refractivity contribution is 7.89. The van der Waals surface area contributed by atoms with Crippen LogP contribution in [-0.2, 0) is 10.0 Å². The van der Waals surface area contributed by atoms with Crippen LogP contribution in [0.15, 0.2) is 47.4 Å². The van der Waals surface area contributed by atoms with Gasteiger partial charge in [0.2, 0.25) is 10.0 Å². The van der Waals surface area contributed by atoms with Crippen molar-refractivity contribution in [1.29, 1.82) is 0 Å². The molecule has 0 bridgehead atoms. The first-order valence-electron chi connectivity index (χ1n) is 8.47. The van der Waals surface area contributed by atoms with E-state index < -0.39 is 14.9 Å². The predicted molar refractivity (Wildman–Crippen MR) is 105 cm³/mol. The van der Waals surface area contributed by atoms with Crippen molar-refractivity contribution < 1.29 is 13.3 Å². The summed E-state index contributed by atoms with van der Waals surface area (Å²) in [4.78, 5) is 13.0. The van der Waals surface area contributed by atoms with Crippen molar-refractivity contribution in [3.05, 3.63) is 63.2 Å². The van der Waals surface area contributed by atoms with Gasteiger partial charge < -0.3 is 4.90 Å². The van der Waals surface area contributed by atoms with Gasteiger partial charge in [0, 0.05) is 36.8 Å². The zero-order chi connectivity index (χ0) is 19.8. The van der Waals surface area contributed by atoms with Crippen LogP contribution in [0.5, 0.6) is 0 Å². The Morgan fingerprint density at radius 1 is 1.15 bits per heavy atom. The summed E-state index contributed by atoms with van der Waals surface area (Å²) >= 11 is 5.88. The number of halogens is 1. The molecular weight excluding hydrogens is 390 g/mol. The van der Waals surface area contributed by atoms with Crippen molar-refractivity contribution in [2.45, 2.75) is 24.8 Å². The molecule has 7 nitrogen and oxygen atoms in total. The second-order valence-corrected chi connectivity index (χ2v) is 8.94. The van der Waals surface area contributed by atoms with Gasteiger partial charge in [0.15, 0.2) is 0 Å². The lowest BCUT2D eigenvalue weighted by atomic mass is 10.2. The van der Waals surface area contributed by atoms with E-state index in [9.17, 15) is 18.5 Å². The normalized spacial score (nSPS) is 18.5. The number of piperazine rings is 1. The molecule has 0 unspecified atom stereocenters. The van der Waals surface area contributed by atoms with Crippen molar-refractivity contribution in [1.82, 2.24) is 4.31 Å². The molecule has 1 heterocycles. The molecule has 9 heteroatoms. The number of anilines is 1. The quantitative estimate of drug-likeness (QED) is 0.570. The van der Waals surface area contributed by atoms with E-state index in [1.807, 2.05) is 11.8 Å². The van der Waals surface area contributed by atoms with Crippen molar-refractivity contribution >= 4 is 33.0 Å². The summed E-state index contributed by atoms with van der Waals surface area (Å²) in [5.74, 6) is 0. The number of aryl methyl sites for hydroxylation is 1. The van der Waals surface area contributed by atoms with Crippen LogP contribution >= 0.6 is 11.6 Å². The predicted octanol–water partition coefficient (Wildman–Crippen LogP) is 3.46. The third-order valence-electron chi connectivity index (χ3n) is 4.67. The third kappa shape index (κ3) is 3.92. The lowest BCUT2D eigenvalue weighted by Crippen LogP contribution is -2.54. The highest BCUT2D eigenvalue weighted by Gasteiger charge is 2.35. The minimum Gasteiger partial charge on any atom is -0.363 e. The third-order valence-corrected chi connectivity index (χ3v) is 6.93. The summed E-state index contributed by atoms with van der Waals surface area (Å²) in [5.41, 5.74) is 1.36. The number of nitrogens with zero attached hydrogens (tertiary/aromatic N) is 3. The molecule has 2 aromatic rings. The Labute approximate surface area is 163 Å². The second kappa shape index (κ2) is 7.46. The molecule has 1 aliphatic heterocycles. The van der Waals surface area contributed by atoms with Gasteiger partial charge in [-0.3, -0.25) is 10.1 Å². The van der Waals surface area contributed by atoms with E-state index >= 15 is 0 Å². The topological polar surface area (TPSA) is 83.8 Å². The highest BCUT2D eigenvalue weighted by atomic mass is 35.5. The first-order chi connectivity index (χ1) is 12.7. The van der Waals surface area contributed by atoms with Gasteiger partial charge >= 0.3 is 0 Å². The Hall–Kier alpha value is -2.16. The number of hydrogen-bond donors (Lipinski definition) is 0. The molecule has 1 fully saturated rings. The van der Waals surface area contributed by atoms with Gasteiger partial charge in [0.25, 0.3) is 5.69 Å². The standard InChI is InChI=1S/C18H20ClN3O4S/c1-13-3-6-16(7-4-13)27(25,26)21-10-9-20(12-14(21)2)17-8-5-15(19)11-18(17)22(23)24/h3-8,11,14H,9-10,12H2,1-2H3/t14-/m0/s1. The summed E-state index contributed by atoms with van der Waals surface area (Å²) in [7, 11) is -3.62. The van der Waals surface area contributed by atoms with Crippen molar-refractivity contribution in [3.63, 3.8) is 0 Å². The Morgan fingerprint density at radius 2 is 1.81 bits per heavy atom. The van der Waals surface area contributed by atoms with Gasteiger partial charge in [-0.25, -0.2) is 8.42 Å². The molecule has 27 heavy (non-hydrogen) atoms. The molecule has 0 aliphatic carbocycles. The fraction of sp³-hybridized carbons (Fsp3) is 0.333. The van der Waals surface area contributed by atoms with Gasteiger partial charge in [-0.2, -0.15) is 4.31 Å². The summed E-state index contributed by atoms with van der Waals surface area (Å²) in [6.07, 6.45) is 0. The van der Waals surface area contributed by atoms with Crippen LogP contribution in [0.1, 0.15) is 12.5 Å². The average molecular weight is 410 g/mol. The summed E-state index contributed by atoms with van der Waals surface area (Å²) in [6, 6.07) is 10.9. The van der Waals surface area contributed by atoms with Crippen LogP contribution < -0.4 is 4.90 Å². The van der Waals surface area contributed by atoms with E-state index in [0.717, 1.165) is 5.56 Å². The molecule has 0 amide bonds. The van der Waals surface area contributed by atoms with Crippen molar-refractivity contribution in [3.8, 4) is 0 Å². The van der Waals surface area contributed by atoms with Gasteiger partial charge in [-0.05, 0) is 38.1 Å². The maximum Gasteiger partial charge on any atom is 0.294 e. The van der Waals surface area contributed by atoms with Crippen LogP contribution in [0.2, 0.25) is 5.02 Å². The monoisotopic (exact) mass is 409 g/mol. The molecule has 0 radical (unpaired) electrons. The smallest absolute Gasteiger partial charge is 0.294 e. The van der Waals surface area contributed by atoms with E-state index in [2.05, 4.69) is 0 Å². The van der Waals surface area contributed by atoms with Crippen LogP contribution in [-0.4, -0.2) is 43.3 Å². The molecule has 0 saturated carbocycles. The maximum absolute atomic E-state index is 13.0. The molecule has 0 aromatic heterocycles. The molecule has 3 rings (SSSR count).